The smallest absolute Gasteiger partial charge is 0.261 e. The highest BCUT2D eigenvalue weighted by Gasteiger charge is 2.14. The molecule has 31 heavy (non-hydrogen) atoms. The number of nitrogens with zero attached hydrogens (tertiary/aromatic N) is 3. The Labute approximate surface area is 181 Å². The number of para-hydroxylation sites is 2. The van der Waals surface area contributed by atoms with Gasteiger partial charge in [-0.2, -0.15) is 0 Å². The third-order valence-corrected chi connectivity index (χ3v) is 5.76. The number of carbonyl (C=O) groups is 1. The second kappa shape index (κ2) is 8.76. The number of benzene rings is 2. The molecule has 2 heterocycles. The Morgan fingerprint density at radius 2 is 1.81 bits per heavy atom. The second-order valence-electron chi connectivity index (χ2n) is 8.01. The van der Waals surface area contributed by atoms with Crippen molar-refractivity contribution in [2.75, 3.05) is 0 Å². The first kappa shape index (κ1) is 20.8. The fourth-order valence-corrected chi connectivity index (χ4v) is 4.23. The first-order chi connectivity index (χ1) is 15.0. The maximum Gasteiger partial charge on any atom is 0.261 e. The first-order valence-corrected chi connectivity index (χ1v) is 10.8. The van der Waals surface area contributed by atoms with Crippen molar-refractivity contribution in [2.24, 2.45) is 0 Å². The van der Waals surface area contributed by atoms with Gasteiger partial charge in [0.25, 0.3) is 5.56 Å². The van der Waals surface area contributed by atoms with Gasteiger partial charge in [0.2, 0.25) is 5.91 Å². The van der Waals surface area contributed by atoms with E-state index in [-0.39, 0.29) is 23.9 Å². The van der Waals surface area contributed by atoms with Crippen LogP contribution >= 0.6 is 0 Å². The summed E-state index contributed by atoms with van der Waals surface area (Å²) in [6, 6.07) is 15.7. The number of fused-ring (bicyclic) bond motifs is 2. The standard InChI is InChI=1S/C25H28N4O2/c1-4-28-16-19(20-9-6-8-12-23(20)28)15-17(2)26-24(30)13-14-29-18(3)27-22-11-7-5-10-21(22)25(29)31/h5-12,16-17H,4,13-15H2,1-3H3,(H,26,30)/t17-/m1/s1. The highest BCUT2D eigenvalue weighted by atomic mass is 16.2. The zero-order valence-corrected chi connectivity index (χ0v) is 18.3. The molecule has 0 aliphatic carbocycles. The summed E-state index contributed by atoms with van der Waals surface area (Å²) in [5.74, 6) is 0.558. The van der Waals surface area contributed by atoms with Gasteiger partial charge in [0.15, 0.2) is 0 Å². The normalized spacial score (nSPS) is 12.4. The van der Waals surface area contributed by atoms with E-state index in [4.69, 9.17) is 0 Å². The SMILES string of the molecule is CCn1cc(C[C@@H](C)NC(=O)CCn2c(C)nc3ccccc3c2=O)c2ccccc21. The zero-order valence-electron chi connectivity index (χ0n) is 18.3. The molecule has 1 amide bonds. The monoisotopic (exact) mass is 416 g/mol. The van der Waals surface area contributed by atoms with Crippen LogP contribution in [0.15, 0.2) is 59.5 Å². The van der Waals surface area contributed by atoms with Crippen LogP contribution in [0.3, 0.4) is 0 Å². The lowest BCUT2D eigenvalue weighted by Crippen LogP contribution is -2.35. The molecule has 0 unspecified atom stereocenters. The van der Waals surface area contributed by atoms with E-state index in [1.54, 1.807) is 17.6 Å². The molecular weight excluding hydrogens is 388 g/mol. The van der Waals surface area contributed by atoms with Gasteiger partial charge in [-0.05, 0) is 51.0 Å². The summed E-state index contributed by atoms with van der Waals surface area (Å²) in [6.07, 6.45) is 3.18. The van der Waals surface area contributed by atoms with Crippen LogP contribution in [0.1, 0.15) is 31.7 Å². The van der Waals surface area contributed by atoms with Crippen LogP contribution < -0.4 is 10.9 Å². The predicted molar refractivity (Wildman–Crippen MR) is 124 cm³/mol. The van der Waals surface area contributed by atoms with Crippen molar-refractivity contribution in [1.82, 2.24) is 19.4 Å². The van der Waals surface area contributed by atoms with E-state index in [0.717, 1.165) is 13.0 Å². The van der Waals surface area contributed by atoms with E-state index < -0.39 is 0 Å². The van der Waals surface area contributed by atoms with Crippen LogP contribution in [0, 0.1) is 6.92 Å². The molecule has 4 rings (SSSR count). The number of carbonyl (C=O) groups excluding carboxylic acids is 1. The minimum Gasteiger partial charge on any atom is -0.353 e. The summed E-state index contributed by atoms with van der Waals surface area (Å²) in [5.41, 5.74) is 3.04. The number of aromatic nitrogens is 3. The molecule has 4 aromatic rings. The summed E-state index contributed by atoms with van der Waals surface area (Å²) in [7, 11) is 0. The van der Waals surface area contributed by atoms with Gasteiger partial charge in [-0.15, -0.1) is 0 Å². The molecular formula is C25H28N4O2. The highest BCUT2D eigenvalue weighted by molar-refractivity contribution is 5.84. The van der Waals surface area contributed by atoms with Crippen molar-refractivity contribution in [1.29, 1.82) is 0 Å². The minimum atomic E-state index is -0.101. The van der Waals surface area contributed by atoms with E-state index in [0.29, 0.717) is 23.3 Å². The summed E-state index contributed by atoms with van der Waals surface area (Å²) in [4.78, 5) is 29.8. The van der Waals surface area contributed by atoms with E-state index in [2.05, 4.69) is 46.2 Å². The molecule has 2 aromatic carbocycles. The van der Waals surface area contributed by atoms with Crippen LogP contribution in [-0.2, 0) is 24.3 Å². The number of hydrogen-bond acceptors (Lipinski definition) is 3. The molecule has 2 aromatic heterocycles. The lowest BCUT2D eigenvalue weighted by atomic mass is 10.1. The molecule has 0 saturated carbocycles. The van der Waals surface area contributed by atoms with Crippen LogP contribution in [-0.4, -0.2) is 26.1 Å². The molecule has 0 aliphatic rings. The van der Waals surface area contributed by atoms with Gasteiger partial charge in [0, 0.05) is 42.7 Å². The summed E-state index contributed by atoms with van der Waals surface area (Å²) < 4.78 is 3.82. The van der Waals surface area contributed by atoms with Crippen molar-refractivity contribution in [3.05, 3.63) is 76.5 Å². The van der Waals surface area contributed by atoms with Crippen LogP contribution in [0.5, 0.6) is 0 Å². The fraction of sp³-hybridized carbons (Fsp3) is 0.320. The average molecular weight is 417 g/mol. The molecule has 1 atom stereocenters. The lowest BCUT2D eigenvalue weighted by molar-refractivity contribution is -0.121. The Balaban J connectivity index is 1.42. The van der Waals surface area contributed by atoms with Gasteiger partial charge in [0.05, 0.1) is 10.9 Å². The Morgan fingerprint density at radius 1 is 1.10 bits per heavy atom. The van der Waals surface area contributed by atoms with E-state index in [1.807, 2.05) is 31.2 Å². The summed E-state index contributed by atoms with van der Waals surface area (Å²) in [5, 5.41) is 4.89. The first-order valence-electron chi connectivity index (χ1n) is 10.8. The van der Waals surface area contributed by atoms with Gasteiger partial charge in [-0.1, -0.05) is 30.3 Å². The van der Waals surface area contributed by atoms with Gasteiger partial charge in [-0.25, -0.2) is 4.98 Å². The van der Waals surface area contributed by atoms with Gasteiger partial charge < -0.3 is 9.88 Å². The number of aryl methyl sites for hydroxylation is 2. The van der Waals surface area contributed by atoms with Crippen molar-refractivity contribution in [3.63, 3.8) is 0 Å². The molecule has 1 N–H and O–H groups in total. The molecule has 0 fully saturated rings. The van der Waals surface area contributed by atoms with E-state index in [9.17, 15) is 9.59 Å². The Hall–Kier alpha value is -3.41. The van der Waals surface area contributed by atoms with Gasteiger partial charge in [-0.3, -0.25) is 14.2 Å². The zero-order chi connectivity index (χ0) is 22.0. The van der Waals surface area contributed by atoms with E-state index >= 15 is 0 Å². The number of hydrogen-bond donors (Lipinski definition) is 1. The Kier molecular flexibility index (Phi) is 5.89. The maximum atomic E-state index is 12.8. The summed E-state index contributed by atoms with van der Waals surface area (Å²) in [6.45, 7) is 7.18. The van der Waals surface area contributed by atoms with Gasteiger partial charge >= 0.3 is 0 Å². The third-order valence-electron chi connectivity index (χ3n) is 5.76. The van der Waals surface area contributed by atoms with Crippen molar-refractivity contribution in [2.45, 2.75) is 52.7 Å². The number of nitrogens with one attached hydrogen (secondary N) is 1. The largest absolute Gasteiger partial charge is 0.353 e. The molecule has 0 bridgehead atoms. The molecule has 0 aliphatic heterocycles. The summed E-state index contributed by atoms with van der Waals surface area (Å²) >= 11 is 0. The molecule has 6 heteroatoms. The van der Waals surface area contributed by atoms with E-state index in [1.165, 1.54) is 16.5 Å². The van der Waals surface area contributed by atoms with Crippen LogP contribution in [0.25, 0.3) is 21.8 Å². The third kappa shape index (κ3) is 4.24. The van der Waals surface area contributed by atoms with Crippen LogP contribution in [0.2, 0.25) is 0 Å². The fourth-order valence-electron chi connectivity index (χ4n) is 4.23. The highest BCUT2D eigenvalue weighted by Crippen LogP contribution is 2.22. The second-order valence-corrected chi connectivity index (χ2v) is 8.01. The molecule has 0 radical (unpaired) electrons. The van der Waals surface area contributed by atoms with Crippen molar-refractivity contribution in [3.8, 4) is 0 Å². The van der Waals surface area contributed by atoms with Crippen molar-refractivity contribution < 1.29 is 4.79 Å². The maximum absolute atomic E-state index is 12.8. The molecule has 160 valence electrons. The predicted octanol–water partition coefficient (Wildman–Crippen LogP) is 3.82. The lowest BCUT2D eigenvalue weighted by Gasteiger charge is -2.15. The topological polar surface area (TPSA) is 68.9 Å². The van der Waals surface area contributed by atoms with Gasteiger partial charge in [0.1, 0.15) is 5.82 Å². The Morgan fingerprint density at radius 3 is 2.58 bits per heavy atom. The van der Waals surface area contributed by atoms with Crippen molar-refractivity contribution >= 4 is 27.7 Å². The molecule has 6 nitrogen and oxygen atoms in total. The average Bonchev–Trinajstić information content (AvgIpc) is 3.11. The van der Waals surface area contributed by atoms with Crippen LogP contribution in [0.4, 0.5) is 0 Å². The number of rotatable bonds is 7. The molecule has 0 spiro atoms. The quantitative estimate of drug-likeness (QED) is 0.498. The Bertz CT molecular complexity index is 1300. The molecule has 0 saturated heterocycles. The minimum absolute atomic E-state index is 0.00356. The number of amides is 1.